The molecule has 0 radical (unpaired) electrons. The third-order valence-corrected chi connectivity index (χ3v) is 6.26. The summed E-state index contributed by atoms with van der Waals surface area (Å²) < 4.78 is 22.8. The number of urea groups is 1. The van der Waals surface area contributed by atoms with Gasteiger partial charge in [-0.05, 0) is 55.6 Å². The summed E-state index contributed by atoms with van der Waals surface area (Å²) in [5.74, 6) is 0. The molecule has 1 aliphatic rings. The molecule has 2 amide bonds. The van der Waals surface area contributed by atoms with Crippen molar-refractivity contribution < 1.29 is 13.2 Å². The lowest BCUT2D eigenvalue weighted by Crippen LogP contribution is -2.51. The minimum atomic E-state index is -3.75. The number of anilines is 1. The summed E-state index contributed by atoms with van der Waals surface area (Å²) in [6.45, 7) is 5.49. The van der Waals surface area contributed by atoms with E-state index in [9.17, 15) is 13.2 Å². The largest absolute Gasteiger partial charge is 0.322 e. The highest BCUT2D eigenvalue weighted by Gasteiger charge is 2.28. The van der Waals surface area contributed by atoms with Crippen molar-refractivity contribution in [2.45, 2.75) is 43.7 Å². The average molecular weight is 431 g/mol. The van der Waals surface area contributed by atoms with Gasteiger partial charge >= 0.3 is 6.03 Å². The minimum Gasteiger partial charge on any atom is -0.320 e. The van der Waals surface area contributed by atoms with E-state index in [1.807, 2.05) is 11.0 Å². The van der Waals surface area contributed by atoms with Gasteiger partial charge in [-0.2, -0.15) is 0 Å². The van der Waals surface area contributed by atoms with Crippen LogP contribution < -0.4 is 10.5 Å². The summed E-state index contributed by atoms with van der Waals surface area (Å²) in [6, 6.07) is 16.3. The molecule has 0 aromatic heterocycles. The molecule has 1 aliphatic heterocycles. The molecule has 1 atom stereocenters. The smallest absolute Gasteiger partial charge is 0.320 e. The van der Waals surface area contributed by atoms with E-state index in [0.29, 0.717) is 12.2 Å². The van der Waals surface area contributed by atoms with Crippen LogP contribution in [0.1, 0.15) is 31.7 Å². The Hall–Kier alpha value is -2.42. The molecule has 0 aliphatic carbocycles. The molecule has 0 bridgehead atoms. The van der Waals surface area contributed by atoms with Crippen molar-refractivity contribution >= 4 is 21.7 Å². The molecule has 2 aromatic carbocycles. The SMILES string of the molecule is CCCN(C(=O)Nc1ccc(S(N)(=O)=O)cc1)C1CCCN(Cc2ccccc2)C1. The molecule has 3 rings (SSSR count). The lowest BCUT2D eigenvalue weighted by atomic mass is 10.0. The topological polar surface area (TPSA) is 95.7 Å². The van der Waals surface area contributed by atoms with Gasteiger partial charge in [0.05, 0.1) is 4.90 Å². The summed E-state index contributed by atoms with van der Waals surface area (Å²) in [7, 11) is -3.75. The van der Waals surface area contributed by atoms with Crippen LogP contribution in [0.2, 0.25) is 0 Å². The van der Waals surface area contributed by atoms with Crippen LogP contribution in [0.25, 0.3) is 0 Å². The number of primary sulfonamides is 1. The number of carbonyl (C=O) groups is 1. The maximum Gasteiger partial charge on any atom is 0.322 e. The number of likely N-dealkylation sites (tertiary alicyclic amines) is 1. The third-order valence-electron chi connectivity index (χ3n) is 5.33. The quantitative estimate of drug-likeness (QED) is 0.705. The van der Waals surface area contributed by atoms with E-state index in [4.69, 9.17) is 5.14 Å². The second-order valence-electron chi connectivity index (χ2n) is 7.71. The van der Waals surface area contributed by atoms with Gasteiger partial charge in [-0.3, -0.25) is 4.90 Å². The van der Waals surface area contributed by atoms with Gasteiger partial charge in [-0.1, -0.05) is 37.3 Å². The van der Waals surface area contributed by atoms with Crippen LogP contribution in [0.3, 0.4) is 0 Å². The maximum absolute atomic E-state index is 13.0. The molecule has 162 valence electrons. The second kappa shape index (κ2) is 10.1. The number of hydrogen-bond donors (Lipinski definition) is 2. The molecule has 1 saturated heterocycles. The average Bonchev–Trinajstić information content (AvgIpc) is 2.72. The van der Waals surface area contributed by atoms with Crippen LogP contribution in [0.4, 0.5) is 10.5 Å². The first-order chi connectivity index (χ1) is 14.4. The monoisotopic (exact) mass is 430 g/mol. The Morgan fingerprint density at radius 1 is 1.17 bits per heavy atom. The predicted molar refractivity (Wildman–Crippen MR) is 119 cm³/mol. The zero-order valence-electron chi connectivity index (χ0n) is 17.3. The van der Waals surface area contributed by atoms with Crippen LogP contribution in [0.5, 0.6) is 0 Å². The first-order valence-electron chi connectivity index (χ1n) is 10.3. The third kappa shape index (κ3) is 6.04. The van der Waals surface area contributed by atoms with E-state index in [0.717, 1.165) is 38.9 Å². The summed E-state index contributed by atoms with van der Waals surface area (Å²) in [6.07, 6.45) is 2.89. The van der Waals surface area contributed by atoms with Crippen LogP contribution in [-0.4, -0.2) is 49.9 Å². The number of benzene rings is 2. The van der Waals surface area contributed by atoms with E-state index < -0.39 is 10.0 Å². The summed E-state index contributed by atoms with van der Waals surface area (Å²) >= 11 is 0. The molecule has 1 unspecified atom stereocenters. The molecule has 3 N–H and O–H groups in total. The van der Waals surface area contributed by atoms with Crippen molar-refractivity contribution in [3.8, 4) is 0 Å². The number of nitrogens with two attached hydrogens (primary N) is 1. The summed E-state index contributed by atoms with van der Waals surface area (Å²) in [5.41, 5.74) is 1.82. The Balaban J connectivity index is 1.65. The zero-order valence-corrected chi connectivity index (χ0v) is 18.1. The summed E-state index contributed by atoms with van der Waals surface area (Å²) in [4.78, 5) is 17.3. The highest BCUT2D eigenvalue weighted by atomic mass is 32.2. The highest BCUT2D eigenvalue weighted by molar-refractivity contribution is 7.89. The van der Waals surface area contributed by atoms with Gasteiger partial charge in [-0.15, -0.1) is 0 Å². The van der Waals surface area contributed by atoms with E-state index >= 15 is 0 Å². The number of carbonyl (C=O) groups excluding carboxylic acids is 1. The number of sulfonamides is 1. The molecular weight excluding hydrogens is 400 g/mol. The number of rotatable bonds is 7. The van der Waals surface area contributed by atoms with Crippen LogP contribution >= 0.6 is 0 Å². The Morgan fingerprint density at radius 3 is 2.50 bits per heavy atom. The van der Waals surface area contributed by atoms with Crippen molar-refractivity contribution in [2.75, 3.05) is 25.0 Å². The van der Waals surface area contributed by atoms with Gasteiger partial charge in [-0.25, -0.2) is 18.4 Å². The first-order valence-corrected chi connectivity index (χ1v) is 11.9. The van der Waals surface area contributed by atoms with Gasteiger partial charge in [0.25, 0.3) is 0 Å². The Labute approximate surface area is 178 Å². The number of amides is 2. The number of nitrogens with one attached hydrogen (secondary N) is 1. The molecule has 30 heavy (non-hydrogen) atoms. The number of nitrogens with zero attached hydrogens (tertiary/aromatic N) is 2. The van der Waals surface area contributed by atoms with Crippen molar-refractivity contribution in [1.82, 2.24) is 9.80 Å². The number of hydrogen-bond acceptors (Lipinski definition) is 4. The minimum absolute atomic E-state index is 0.0229. The van der Waals surface area contributed by atoms with E-state index in [1.165, 1.54) is 17.7 Å². The Bertz CT molecular complexity index is 933. The van der Waals surface area contributed by atoms with Crippen molar-refractivity contribution in [2.24, 2.45) is 5.14 Å². The molecule has 2 aromatic rings. The van der Waals surface area contributed by atoms with Gasteiger partial charge in [0.2, 0.25) is 10.0 Å². The molecule has 1 heterocycles. The maximum atomic E-state index is 13.0. The van der Waals surface area contributed by atoms with Gasteiger partial charge in [0, 0.05) is 31.4 Å². The van der Waals surface area contributed by atoms with Crippen molar-refractivity contribution in [3.63, 3.8) is 0 Å². The molecule has 8 heteroatoms. The molecule has 0 spiro atoms. The van der Waals surface area contributed by atoms with Crippen LogP contribution in [0, 0.1) is 0 Å². The second-order valence-corrected chi connectivity index (χ2v) is 9.27. The molecule has 0 saturated carbocycles. The standard InChI is InChI=1S/C22H30N4O3S/c1-2-14-26(22(27)24-19-10-12-21(13-11-19)30(23,28)29)20-9-6-15-25(17-20)16-18-7-4-3-5-8-18/h3-5,7-8,10-13,20H,2,6,9,14-17H2,1H3,(H,24,27)(H2,23,28,29). The zero-order chi connectivity index (χ0) is 21.6. The Morgan fingerprint density at radius 2 is 1.87 bits per heavy atom. The first kappa shape index (κ1) is 22.3. The lowest BCUT2D eigenvalue weighted by Gasteiger charge is -2.39. The predicted octanol–water partition coefficient (Wildman–Crippen LogP) is 3.24. The fourth-order valence-corrected chi connectivity index (χ4v) is 4.40. The molecule has 1 fully saturated rings. The van der Waals surface area contributed by atoms with Crippen molar-refractivity contribution in [1.29, 1.82) is 0 Å². The van der Waals surface area contributed by atoms with E-state index in [-0.39, 0.29) is 17.0 Å². The van der Waals surface area contributed by atoms with Gasteiger partial charge in [0.1, 0.15) is 0 Å². The summed E-state index contributed by atoms with van der Waals surface area (Å²) in [5, 5.41) is 8.03. The number of piperidine rings is 1. The molecular formula is C22H30N4O3S. The fourth-order valence-electron chi connectivity index (χ4n) is 3.88. The van der Waals surface area contributed by atoms with Gasteiger partial charge < -0.3 is 10.2 Å². The highest BCUT2D eigenvalue weighted by Crippen LogP contribution is 2.20. The lowest BCUT2D eigenvalue weighted by molar-refractivity contribution is 0.113. The van der Waals surface area contributed by atoms with Crippen LogP contribution in [-0.2, 0) is 16.6 Å². The van der Waals surface area contributed by atoms with Crippen LogP contribution in [0.15, 0.2) is 59.5 Å². The Kier molecular flexibility index (Phi) is 7.47. The van der Waals surface area contributed by atoms with E-state index in [2.05, 4.69) is 41.4 Å². The molecule has 7 nitrogen and oxygen atoms in total. The van der Waals surface area contributed by atoms with Gasteiger partial charge in [0.15, 0.2) is 0 Å². The van der Waals surface area contributed by atoms with E-state index in [1.54, 1.807) is 12.1 Å². The fraction of sp³-hybridized carbons (Fsp3) is 0.409. The normalized spacial score (nSPS) is 17.5. The van der Waals surface area contributed by atoms with Crippen molar-refractivity contribution in [3.05, 3.63) is 60.2 Å².